The molecule has 0 saturated heterocycles. The molecule has 0 atom stereocenters. The van der Waals surface area contributed by atoms with Gasteiger partial charge in [0, 0.05) is 35.4 Å². The molecule has 2 aromatic rings. The third kappa shape index (κ3) is 2.93. The number of benzene rings is 2. The fourth-order valence-corrected chi connectivity index (χ4v) is 2.83. The van der Waals surface area contributed by atoms with E-state index in [1.807, 2.05) is 36.4 Å². The molecule has 0 spiro atoms. The van der Waals surface area contributed by atoms with Crippen molar-refractivity contribution in [2.24, 2.45) is 5.92 Å². The average molecular weight is 290 g/mol. The summed E-state index contributed by atoms with van der Waals surface area (Å²) >= 11 is 0. The van der Waals surface area contributed by atoms with Gasteiger partial charge in [-0.25, -0.2) is 0 Å². The van der Waals surface area contributed by atoms with E-state index in [4.69, 9.17) is 16.9 Å². The lowest BCUT2D eigenvalue weighted by Crippen LogP contribution is -2.38. The van der Waals surface area contributed by atoms with Gasteiger partial charge in [0.1, 0.15) is 0 Å². The van der Waals surface area contributed by atoms with E-state index in [0.29, 0.717) is 0 Å². The normalized spacial score (nSPS) is 14.7. The lowest BCUT2D eigenvalue weighted by atomic mass is 9.79. The number of hydrogen-bond acceptors (Lipinski definition) is 2. The van der Waals surface area contributed by atoms with E-state index in [9.17, 15) is 0 Å². The highest BCUT2D eigenvalue weighted by molar-refractivity contribution is 6.00. The zero-order valence-corrected chi connectivity index (χ0v) is 12.3. The minimum atomic E-state index is 0.210. The molecule has 22 heavy (non-hydrogen) atoms. The smallest absolute Gasteiger partial charge is 0.196 e. The van der Waals surface area contributed by atoms with Gasteiger partial charge in [0.25, 0.3) is 0 Å². The van der Waals surface area contributed by atoms with E-state index in [0.717, 1.165) is 17.1 Å². The molecular weight excluding hydrogens is 270 g/mol. The van der Waals surface area contributed by atoms with Gasteiger partial charge in [-0.1, -0.05) is 36.4 Å². The lowest BCUT2D eigenvalue weighted by molar-refractivity contribution is -0.110. The largest absolute Gasteiger partial charge is 0.399 e. The highest BCUT2D eigenvalue weighted by Crippen LogP contribution is 2.35. The Bertz CT molecular complexity index is 663. The van der Waals surface area contributed by atoms with Gasteiger partial charge in [0.15, 0.2) is 5.71 Å². The highest BCUT2D eigenvalue weighted by atomic mass is 14.5. The number of anilines is 2. The van der Waals surface area contributed by atoms with E-state index < -0.39 is 0 Å². The van der Waals surface area contributed by atoms with Gasteiger partial charge >= 0.3 is 0 Å². The van der Waals surface area contributed by atoms with E-state index in [1.54, 1.807) is 0 Å². The predicted octanol–water partition coefficient (Wildman–Crippen LogP) is 1.93. The summed E-state index contributed by atoms with van der Waals surface area (Å²) in [4.78, 5) is 0. The van der Waals surface area contributed by atoms with Crippen molar-refractivity contribution in [3.63, 3.8) is 0 Å². The first kappa shape index (κ1) is 14.1. The molecule has 0 saturated carbocycles. The number of nitrogen functional groups attached to an aromatic ring is 2. The summed E-state index contributed by atoms with van der Waals surface area (Å²) in [6, 6.07) is 16.1. The molecule has 3 nitrogen and oxygen atoms in total. The van der Waals surface area contributed by atoms with Crippen LogP contribution in [0.5, 0.6) is 0 Å². The quantitative estimate of drug-likeness (QED) is 0.755. The maximum Gasteiger partial charge on any atom is 0.196 e. The van der Waals surface area contributed by atoms with Crippen LogP contribution in [0.25, 0.3) is 0 Å². The minimum absolute atomic E-state index is 0.210. The summed E-state index contributed by atoms with van der Waals surface area (Å²) in [5, 5.41) is 5.82. The van der Waals surface area contributed by atoms with Crippen LogP contribution < -0.4 is 16.9 Å². The van der Waals surface area contributed by atoms with Crippen LogP contribution in [0, 0.1) is 5.92 Å². The third-order valence-electron chi connectivity index (χ3n) is 4.00. The van der Waals surface area contributed by atoms with Crippen molar-refractivity contribution < 1.29 is 5.41 Å². The molecule has 1 aliphatic carbocycles. The van der Waals surface area contributed by atoms with Crippen molar-refractivity contribution >= 4 is 17.1 Å². The van der Waals surface area contributed by atoms with Crippen LogP contribution in [0.1, 0.15) is 17.0 Å². The van der Waals surface area contributed by atoms with Gasteiger partial charge in [-0.2, -0.15) is 0 Å². The van der Waals surface area contributed by atoms with Crippen molar-refractivity contribution in [1.29, 1.82) is 0 Å². The molecular formula is C19H20N3+. The van der Waals surface area contributed by atoms with Crippen LogP contribution in [0.15, 0.2) is 72.8 Å². The zero-order valence-electron chi connectivity index (χ0n) is 12.3. The first-order valence-electron chi connectivity index (χ1n) is 7.33. The number of allylic oxidation sites excluding steroid dienone is 4. The first-order chi connectivity index (χ1) is 10.6. The SMILES string of the molecule is Nc1ccc(C(c2ccc(N)cc2)C2C=CC(=[NH2+])C=C2)cc1. The van der Waals surface area contributed by atoms with Crippen LogP contribution in [0.4, 0.5) is 11.4 Å². The molecule has 6 N–H and O–H groups in total. The number of hydrogen-bond donors (Lipinski definition) is 3. The van der Waals surface area contributed by atoms with E-state index in [1.165, 1.54) is 11.1 Å². The Labute approximate surface area is 130 Å². The lowest BCUT2D eigenvalue weighted by Gasteiger charge is -2.25. The summed E-state index contributed by atoms with van der Waals surface area (Å²) in [5.41, 5.74) is 16.4. The summed E-state index contributed by atoms with van der Waals surface area (Å²) in [6.45, 7) is 0. The Balaban J connectivity index is 2.03. The molecule has 0 radical (unpaired) electrons. The molecule has 0 aromatic heterocycles. The molecule has 0 aliphatic heterocycles. The van der Waals surface area contributed by atoms with Gasteiger partial charge in [-0.05, 0) is 35.4 Å². The van der Waals surface area contributed by atoms with Crippen LogP contribution in [-0.4, -0.2) is 5.71 Å². The molecule has 0 amide bonds. The maximum atomic E-state index is 5.82. The molecule has 3 heteroatoms. The molecule has 2 aromatic carbocycles. The van der Waals surface area contributed by atoms with Crippen LogP contribution in [-0.2, 0) is 0 Å². The van der Waals surface area contributed by atoms with Crippen molar-refractivity contribution in [3.05, 3.63) is 84.0 Å². The molecule has 110 valence electrons. The van der Waals surface area contributed by atoms with Crippen molar-refractivity contribution in [2.45, 2.75) is 5.92 Å². The molecule has 0 fully saturated rings. The summed E-state index contributed by atoms with van der Waals surface area (Å²) in [5.74, 6) is 0.460. The van der Waals surface area contributed by atoms with Gasteiger partial charge in [0.05, 0.1) is 0 Å². The van der Waals surface area contributed by atoms with Crippen molar-refractivity contribution in [1.82, 2.24) is 0 Å². The summed E-state index contributed by atoms with van der Waals surface area (Å²) in [6.07, 6.45) is 8.22. The topological polar surface area (TPSA) is 77.6 Å². The second kappa shape index (κ2) is 5.90. The van der Waals surface area contributed by atoms with E-state index in [-0.39, 0.29) is 11.8 Å². The number of nitrogens with two attached hydrogens (primary N) is 3. The third-order valence-corrected chi connectivity index (χ3v) is 4.00. The average Bonchev–Trinajstić information content (AvgIpc) is 2.53. The minimum Gasteiger partial charge on any atom is -0.399 e. The van der Waals surface area contributed by atoms with Gasteiger partial charge in [-0.15, -0.1) is 0 Å². The van der Waals surface area contributed by atoms with Crippen LogP contribution in [0.3, 0.4) is 0 Å². The highest BCUT2D eigenvalue weighted by Gasteiger charge is 2.23. The van der Waals surface area contributed by atoms with Crippen molar-refractivity contribution in [2.75, 3.05) is 11.5 Å². The monoisotopic (exact) mass is 290 g/mol. The van der Waals surface area contributed by atoms with Crippen LogP contribution in [0.2, 0.25) is 0 Å². The maximum absolute atomic E-state index is 5.82. The number of rotatable bonds is 3. The Morgan fingerprint density at radius 3 is 1.55 bits per heavy atom. The van der Waals surface area contributed by atoms with Gasteiger partial charge < -0.3 is 11.5 Å². The fourth-order valence-electron chi connectivity index (χ4n) is 2.83. The molecule has 3 rings (SSSR count). The fraction of sp³-hybridized carbons (Fsp3) is 0.105. The second-order valence-electron chi connectivity index (χ2n) is 5.61. The Morgan fingerprint density at radius 2 is 1.14 bits per heavy atom. The zero-order chi connectivity index (χ0) is 15.5. The first-order valence-corrected chi connectivity index (χ1v) is 7.33. The van der Waals surface area contributed by atoms with Crippen molar-refractivity contribution in [3.8, 4) is 0 Å². The Kier molecular flexibility index (Phi) is 3.79. The van der Waals surface area contributed by atoms with E-state index >= 15 is 0 Å². The Hall–Kier alpha value is -2.81. The molecule has 0 bridgehead atoms. The molecule has 0 heterocycles. The Morgan fingerprint density at radius 1 is 0.727 bits per heavy atom. The van der Waals surface area contributed by atoms with Gasteiger partial charge in [0.2, 0.25) is 0 Å². The summed E-state index contributed by atoms with van der Waals surface area (Å²) < 4.78 is 0. The van der Waals surface area contributed by atoms with Gasteiger partial charge in [-0.3, -0.25) is 5.41 Å². The van der Waals surface area contributed by atoms with Crippen LogP contribution >= 0.6 is 0 Å². The molecule has 1 aliphatic rings. The standard InChI is InChI=1S/C19H19N3/c20-16-7-1-13(2-8-16)19(14-3-9-17(21)10-4-14)15-5-11-18(22)12-6-15/h1-13,19-20H,21-22H2/p+1. The predicted molar refractivity (Wildman–Crippen MR) is 92.3 cm³/mol. The van der Waals surface area contributed by atoms with E-state index in [2.05, 4.69) is 36.4 Å². The summed E-state index contributed by atoms with van der Waals surface area (Å²) in [7, 11) is 0. The second-order valence-corrected chi connectivity index (χ2v) is 5.61. The molecule has 0 unspecified atom stereocenters.